The first-order chi connectivity index (χ1) is 12.3. The van der Waals surface area contributed by atoms with Gasteiger partial charge in [-0.25, -0.2) is 0 Å². The smallest absolute Gasteiger partial charge is 0.216 e. The average molecular weight is 356 g/mol. The zero-order valence-electron chi connectivity index (χ0n) is 16.6. The van der Waals surface area contributed by atoms with Crippen molar-refractivity contribution >= 4 is 11.5 Å². The zero-order valence-corrected chi connectivity index (χ0v) is 16.6. The number of nitrogens with one attached hydrogen (secondary N) is 1. The predicted octanol–water partition coefficient (Wildman–Crippen LogP) is 4.74. The van der Waals surface area contributed by atoms with Crippen molar-refractivity contribution in [3.8, 4) is 0 Å². The molecule has 1 atom stereocenters. The van der Waals surface area contributed by atoms with E-state index in [-0.39, 0.29) is 5.91 Å². The minimum atomic E-state index is -0.473. The Labute approximate surface area is 158 Å². The van der Waals surface area contributed by atoms with Crippen molar-refractivity contribution in [1.82, 2.24) is 5.32 Å². The largest absolute Gasteiger partial charge is 0.391 e. The van der Waals surface area contributed by atoms with Crippen LogP contribution in [0, 0.1) is 6.92 Å². The Bertz CT molecular complexity index is 671. The third-order valence-electron chi connectivity index (χ3n) is 4.29. The van der Waals surface area contributed by atoms with E-state index in [2.05, 4.69) is 63.0 Å². The lowest BCUT2D eigenvalue weighted by Crippen LogP contribution is -2.30. The SMILES string of the molecule is C=CCc1cc(C)ccc1/C(C)=C\C(C)=C\CCC[C@H](O)CNC(C)=O. The molecule has 0 bridgehead atoms. The Morgan fingerprint density at radius 2 is 2.04 bits per heavy atom. The Kier molecular flexibility index (Phi) is 9.67. The molecule has 1 aromatic carbocycles. The zero-order chi connectivity index (χ0) is 19.5. The van der Waals surface area contributed by atoms with Crippen LogP contribution in [0.4, 0.5) is 0 Å². The number of aliphatic hydroxyl groups is 1. The molecule has 0 aromatic heterocycles. The van der Waals surface area contributed by atoms with Crippen molar-refractivity contribution in [1.29, 1.82) is 0 Å². The molecule has 0 spiro atoms. The molecule has 3 heteroatoms. The maximum atomic E-state index is 10.8. The first kappa shape index (κ1) is 21.9. The van der Waals surface area contributed by atoms with Crippen LogP contribution in [0.1, 0.15) is 56.7 Å². The lowest BCUT2D eigenvalue weighted by Gasteiger charge is -2.11. The molecule has 0 aliphatic rings. The molecule has 2 N–H and O–H groups in total. The number of benzene rings is 1. The van der Waals surface area contributed by atoms with E-state index in [1.807, 2.05) is 6.08 Å². The first-order valence-electron chi connectivity index (χ1n) is 9.31. The molecule has 0 saturated carbocycles. The van der Waals surface area contributed by atoms with Crippen LogP contribution in [0.5, 0.6) is 0 Å². The van der Waals surface area contributed by atoms with Crippen molar-refractivity contribution in [2.45, 2.75) is 59.5 Å². The highest BCUT2D eigenvalue weighted by Crippen LogP contribution is 2.23. The second-order valence-electron chi connectivity index (χ2n) is 6.95. The molecule has 0 aliphatic heterocycles. The summed E-state index contributed by atoms with van der Waals surface area (Å²) in [5, 5.41) is 12.4. The number of rotatable bonds is 10. The summed E-state index contributed by atoms with van der Waals surface area (Å²) in [7, 11) is 0. The van der Waals surface area contributed by atoms with Gasteiger partial charge in [0, 0.05) is 13.5 Å². The van der Waals surface area contributed by atoms with Crippen LogP contribution in [0.15, 0.2) is 48.6 Å². The van der Waals surface area contributed by atoms with E-state index < -0.39 is 6.10 Å². The Hall–Kier alpha value is -2.13. The second-order valence-corrected chi connectivity index (χ2v) is 6.95. The van der Waals surface area contributed by atoms with Crippen LogP contribution in [0.3, 0.4) is 0 Å². The van der Waals surface area contributed by atoms with Crippen LogP contribution < -0.4 is 5.32 Å². The number of unbranched alkanes of at least 4 members (excludes halogenated alkanes) is 1. The number of aryl methyl sites for hydroxylation is 1. The lowest BCUT2D eigenvalue weighted by atomic mass is 9.95. The van der Waals surface area contributed by atoms with E-state index in [9.17, 15) is 9.90 Å². The molecule has 1 aromatic rings. The Morgan fingerprint density at radius 3 is 2.69 bits per heavy atom. The first-order valence-corrected chi connectivity index (χ1v) is 9.31. The number of amides is 1. The fraction of sp³-hybridized carbons (Fsp3) is 0.435. The molecule has 1 rings (SSSR count). The summed E-state index contributed by atoms with van der Waals surface area (Å²) in [6.45, 7) is 12.0. The van der Waals surface area contributed by atoms with Gasteiger partial charge in [0.05, 0.1) is 6.10 Å². The summed E-state index contributed by atoms with van der Waals surface area (Å²) >= 11 is 0. The van der Waals surface area contributed by atoms with Crippen LogP contribution in [-0.2, 0) is 11.2 Å². The molecular formula is C23H33NO2. The van der Waals surface area contributed by atoms with Gasteiger partial charge in [-0.15, -0.1) is 6.58 Å². The standard InChI is InChI=1S/C23H33NO2/c1-6-9-21-15-18(3)12-13-23(21)19(4)14-17(2)10-7-8-11-22(26)16-24-20(5)25/h6,10,12-15,22,26H,1,7-9,11,16H2,2-5H3,(H,24,25)/b17-10+,19-14-/t22-/m0/s1. The molecule has 0 fully saturated rings. The van der Waals surface area contributed by atoms with E-state index in [0.717, 1.165) is 19.3 Å². The molecule has 0 radical (unpaired) electrons. The van der Waals surface area contributed by atoms with Gasteiger partial charge < -0.3 is 10.4 Å². The Morgan fingerprint density at radius 1 is 1.31 bits per heavy atom. The monoisotopic (exact) mass is 355 g/mol. The number of aliphatic hydroxyl groups excluding tert-OH is 1. The van der Waals surface area contributed by atoms with Crippen molar-refractivity contribution in [3.05, 3.63) is 65.3 Å². The fourth-order valence-corrected chi connectivity index (χ4v) is 2.96. The lowest BCUT2D eigenvalue weighted by molar-refractivity contribution is -0.119. The Balaban J connectivity index is 2.61. The predicted molar refractivity (Wildman–Crippen MR) is 111 cm³/mol. The van der Waals surface area contributed by atoms with Gasteiger partial charge >= 0.3 is 0 Å². The highest BCUT2D eigenvalue weighted by atomic mass is 16.3. The summed E-state index contributed by atoms with van der Waals surface area (Å²) in [4.78, 5) is 10.8. The summed E-state index contributed by atoms with van der Waals surface area (Å²) in [6.07, 6.45) is 9.27. The van der Waals surface area contributed by atoms with Gasteiger partial charge in [-0.3, -0.25) is 4.79 Å². The van der Waals surface area contributed by atoms with Gasteiger partial charge in [0.1, 0.15) is 0 Å². The molecule has 26 heavy (non-hydrogen) atoms. The fourth-order valence-electron chi connectivity index (χ4n) is 2.96. The number of allylic oxidation sites excluding steroid dienone is 5. The van der Waals surface area contributed by atoms with Gasteiger partial charge in [0.25, 0.3) is 0 Å². The van der Waals surface area contributed by atoms with Gasteiger partial charge in [-0.1, -0.05) is 47.6 Å². The van der Waals surface area contributed by atoms with E-state index in [1.165, 1.54) is 34.8 Å². The third-order valence-corrected chi connectivity index (χ3v) is 4.29. The van der Waals surface area contributed by atoms with Crippen molar-refractivity contribution in [2.75, 3.05) is 6.54 Å². The number of hydrogen-bond donors (Lipinski definition) is 2. The van der Waals surface area contributed by atoms with Gasteiger partial charge in [-0.05, 0) is 63.2 Å². The van der Waals surface area contributed by atoms with Gasteiger partial charge in [0.15, 0.2) is 0 Å². The third kappa shape index (κ3) is 8.30. The highest BCUT2D eigenvalue weighted by molar-refractivity contribution is 5.72. The van der Waals surface area contributed by atoms with Crippen molar-refractivity contribution in [2.24, 2.45) is 0 Å². The van der Waals surface area contributed by atoms with Crippen molar-refractivity contribution < 1.29 is 9.90 Å². The van der Waals surface area contributed by atoms with E-state index in [4.69, 9.17) is 0 Å². The number of carbonyl (C=O) groups excluding carboxylic acids is 1. The summed E-state index contributed by atoms with van der Waals surface area (Å²) in [5.41, 5.74) is 6.32. The minimum Gasteiger partial charge on any atom is -0.391 e. The van der Waals surface area contributed by atoms with E-state index in [1.54, 1.807) is 0 Å². The second kappa shape index (κ2) is 11.5. The van der Waals surface area contributed by atoms with E-state index >= 15 is 0 Å². The van der Waals surface area contributed by atoms with Gasteiger partial charge in [0.2, 0.25) is 5.91 Å². The van der Waals surface area contributed by atoms with Crippen LogP contribution in [0.2, 0.25) is 0 Å². The molecule has 0 saturated heterocycles. The quantitative estimate of drug-likeness (QED) is 0.362. The minimum absolute atomic E-state index is 0.104. The van der Waals surface area contributed by atoms with Crippen molar-refractivity contribution in [3.63, 3.8) is 0 Å². The molecule has 142 valence electrons. The molecule has 1 amide bonds. The highest BCUT2D eigenvalue weighted by Gasteiger charge is 2.05. The van der Waals surface area contributed by atoms with E-state index in [0.29, 0.717) is 13.0 Å². The molecule has 3 nitrogen and oxygen atoms in total. The molecule has 0 heterocycles. The van der Waals surface area contributed by atoms with Crippen LogP contribution in [-0.4, -0.2) is 23.7 Å². The van der Waals surface area contributed by atoms with Crippen LogP contribution >= 0.6 is 0 Å². The summed E-state index contributed by atoms with van der Waals surface area (Å²) in [5.74, 6) is -0.104. The molecule has 0 unspecified atom stereocenters. The number of hydrogen-bond acceptors (Lipinski definition) is 2. The topological polar surface area (TPSA) is 49.3 Å². The maximum Gasteiger partial charge on any atom is 0.216 e. The average Bonchev–Trinajstić information content (AvgIpc) is 2.57. The summed E-state index contributed by atoms with van der Waals surface area (Å²) in [6, 6.07) is 6.56. The summed E-state index contributed by atoms with van der Waals surface area (Å²) < 4.78 is 0. The maximum absolute atomic E-state index is 10.8. The molecular weight excluding hydrogens is 322 g/mol. The van der Waals surface area contributed by atoms with Gasteiger partial charge in [-0.2, -0.15) is 0 Å². The number of carbonyl (C=O) groups is 1. The van der Waals surface area contributed by atoms with Crippen LogP contribution in [0.25, 0.3) is 5.57 Å². The molecule has 0 aliphatic carbocycles. The normalized spacial score (nSPS) is 13.4.